The first-order valence-electron chi connectivity index (χ1n) is 5.99. The van der Waals surface area contributed by atoms with Crippen LogP contribution in [0.5, 0.6) is 0 Å². The zero-order valence-electron chi connectivity index (χ0n) is 10.8. The van der Waals surface area contributed by atoms with Crippen LogP contribution < -0.4 is 0 Å². The van der Waals surface area contributed by atoms with E-state index in [0.717, 1.165) is 0 Å². The Labute approximate surface area is 120 Å². The van der Waals surface area contributed by atoms with Gasteiger partial charge in [-0.05, 0) is 47.3 Å². The average molecular weight is 309 g/mol. The third-order valence-electron chi connectivity index (χ3n) is 2.96. The van der Waals surface area contributed by atoms with E-state index in [1.165, 1.54) is 24.3 Å². The summed E-state index contributed by atoms with van der Waals surface area (Å²) < 4.78 is 47.2. The molecule has 106 valence electrons. The third kappa shape index (κ3) is 2.82. The van der Waals surface area contributed by atoms with Crippen molar-refractivity contribution in [3.05, 3.63) is 54.1 Å². The van der Waals surface area contributed by atoms with Gasteiger partial charge >= 0.3 is 0 Å². The van der Waals surface area contributed by atoms with Crippen LogP contribution in [0.25, 0.3) is 0 Å². The quantitative estimate of drug-likeness (QED) is 0.812. The van der Waals surface area contributed by atoms with E-state index in [2.05, 4.69) is 0 Å². The summed E-state index contributed by atoms with van der Waals surface area (Å²) in [7, 11) is -3.69. The Morgan fingerprint density at radius 3 is 2.25 bits per heavy atom. The molecule has 0 fully saturated rings. The van der Waals surface area contributed by atoms with Gasteiger partial charge in [-0.2, -0.15) is 0 Å². The van der Waals surface area contributed by atoms with Crippen molar-refractivity contribution in [3.8, 4) is 0 Å². The molecular weight excluding hydrogens is 296 g/mol. The molecule has 0 spiro atoms. The Morgan fingerprint density at radius 1 is 1.05 bits per heavy atom. The lowest BCUT2D eigenvalue weighted by Crippen LogP contribution is -2.04. The van der Waals surface area contributed by atoms with E-state index in [-0.39, 0.29) is 14.7 Å². The van der Waals surface area contributed by atoms with Crippen molar-refractivity contribution >= 4 is 20.9 Å². The van der Waals surface area contributed by atoms with Crippen LogP contribution >= 0.6 is 0 Å². The molecule has 2 aromatic rings. The van der Waals surface area contributed by atoms with E-state index in [1.54, 1.807) is 24.3 Å². The summed E-state index contributed by atoms with van der Waals surface area (Å²) >= 11 is -2.46. The summed E-state index contributed by atoms with van der Waals surface area (Å²) in [5, 5.41) is 0. The molecule has 0 radical (unpaired) electrons. The van der Waals surface area contributed by atoms with E-state index in [9.17, 15) is 17.2 Å². The highest BCUT2D eigenvalue weighted by atomic mass is 32.2. The third-order valence-corrected chi connectivity index (χ3v) is 5.47. The van der Waals surface area contributed by atoms with Crippen LogP contribution in [0.3, 0.4) is 0 Å². The number of hydrogen-bond donors (Lipinski definition) is 0. The monoisotopic (exact) mass is 309 g/mol. The van der Waals surface area contributed by atoms with Gasteiger partial charge in [0.15, 0.2) is 0 Å². The van der Waals surface area contributed by atoms with Crippen molar-refractivity contribution in [1.29, 1.82) is 0 Å². The zero-order chi connectivity index (χ0) is 14.8. The minimum Gasteiger partial charge on any atom is -0.768 e. The number of hydrogen-bond acceptors (Lipinski definition) is 4. The van der Waals surface area contributed by atoms with Gasteiger partial charge in [0.2, 0.25) is 9.84 Å². The predicted molar refractivity (Wildman–Crippen MR) is 74.9 cm³/mol. The van der Waals surface area contributed by atoms with Crippen LogP contribution in [0.15, 0.2) is 63.2 Å². The summed E-state index contributed by atoms with van der Waals surface area (Å²) in [4.78, 5) is 0.163. The molecule has 0 aliphatic heterocycles. The van der Waals surface area contributed by atoms with Crippen LogP contribution in [0.4, 0.5) is 0 Å². The molecule has 0 aromatic heterocycles. The molecule has 1 unspecified atom stereocenters. The molecule has 0 N–H and O–H groups in total. The Hall–Kier alpha value is -1.50. The standard InChI is InChI=1S/C14H14O4S2/c1-2-11-8-9-13(10-14(11)19(15)16)20(17,18)12-6-4-3-5-7-12/h3-10H,2H2,1H3,(H,15,16)/p-1. The fourth-order valence-corrected chi connectivity index (χ4v) is 3.92. The molecule has 0 saturated carbocycles. The van der Waals surface area contributed by atoms with Crippen molar-refractivity contribution in [2.24, 2.45) is 0 Å². The van der Waals surface area contributed by atoms with Crippen molar-refractivity contribution in [2.45, 2.75) is 28.0 Å². The fraction of sp³-hybridized carbons (Fsp3) is 0.143. The molecule has 20 heavy (non-hydrogen) atoms. The van der Waals surface area contributed by atoms with Crippen molar-refractivity contribution < 1.29 is 17.2 Å². The molecule has 0 saturated heterocycles. The van der Waals surface area contributed by atoms with E-state index in [0.29, 0.717) is 12.0 Å². The minimum absolute atomic E-state index is 0.0138. The van der Waals surface area contributed by atoms with Crippen molar-refractivity contribution in [2.75, 3.05) is 0 Å². The maximum absolute atomic E-state index is 12.4. The molecule has 0 heterocycles. The molecule has 0 amide bonds. The SMILES string of the molecule is CCc1ccc(S(=O)(=O)c2ccccc2)cc1S(=O)[O-]. The summed E-state index contributed by atoms with van der Waals surface area (Å²) in [5.41, 5.74) is 0.602. The number of benzene rings is 2. The smallest absolute Gasteiger partial charge is 0.206 e. The van der Waals surface area contributed by atoms with E-state index >= 15 is 0 Å². The lowest BCUT2D eigenvalue weighted by Gasteiger charge is -2.13. The molecule has 0 aliphatic rings. The maximum atomic E-state index is 12.4. The zero-order valence-corrected chi connectivity index (χ0v) is 12.4. The van der Waals surface area contributed by atoms with E-state index in [4.69, 9.17) is 0 Å². The van der Waals surface area contributed by atoms with Gasteiger partial charge in [-0.1, -0.05) is 31.2 Å². The van der Waals surface area contributed by atoms with Gasteiger partial charge in [0.25, 0.3) is 0 Å². The topological polar surface area (TPSA) is 74.3 Å². The minimum atomic E-state index is -3.69. The predicted octanol–water partition coefficient (Wildman–Crippen LogP) is 2.32. The van der Waals surface area contributed by atoms with Gasteiger partial charge in [-0.25, -0.2) is 8.42 Å². The van der Waals surface area contributed by atoms with Crippen LogP contribution in [0, 0.1) is 0 Å². The number of aryl methyl sites for hydroxylation is 1. The number of rotatable bonds is 4. The van der Waals surface area contributed by atoms with Gasteiger partial charge in [-0.3, -0.25) is 4.21 Å². The summed E-state index contributed by atoms with van der Waals surface area (Å²) in [6.45, 7) is 1.82. The van der Waals surface area contributed by atoms with Gasteiger partial charge < -0.3 is 4.55 Å². The second-order valence-corrected chi connectivity index (χ2v) is 7.03. The Kier molecular flexibility index (Phi) is 4.37. The number of sulfone groups is 1. The second kappa shape index (κ2) is 5.87. The maximum Gasteiger partial charge on any atom is 0.206 e. The van der Waals surface area contributed by atoms with Crippen LogP contribution in [-0.4, -0.2) is 17.2 Å². The first-order chi connectivity index (χ1) is 9.46. The van der Waals surface area contributed by atoms with Crippen molar-refractivity contribution in [1.82, 2.24) is 0 Å². The van der Waals surface area contributed by atoms with E-state index in [1.807, 2.05) is 6.92 Å². The first-order valence-corrected chi connectivity index (χ1v) is 8.55. The van der Waals surface area contributed by atoms with Gasteiger partial charge in [-0.15, -0.1) is 0 Å². The van der Waals surface area contributed by atoms with Gasteiger partial charge in [0, 0.05) is 4.90 Å². The largest absolute Gasteiger partial charge is 0.768 e. The molecular formula is C14H13O4S2-. The van der Waals surface area contributed by atoms with Gasteiger partial charge in [0.05, 0.1) is 9.79 Å². The normalized spacial score (nSPS) is 13.1. The Bertz CT molecular complexity index is 737. The highest BCUT2D eigenvalue weighted by Gasteiger charge is 2.18. The van der Waals surface area contributed by atoms with E-state index < -0.39 is 20.9 Å². The Balaban J connectivity index is 2.59. The molecule has 2 aromatic carbocycles. The Morgan fingerprint density at radius 2 is 1.70 bits per heavy atom. The highest BCUT2D eigenvalue weighted by molar-refractivity contribution is 7.91. The molecule has 2 rings (SSSR count). The summed E-state index contributed by atoms with van der Waals surface area (Å²) in [6.07, 6.45) is 0.523. The summed E-state index contributed by atoms with van der Waals surface area (Å²) in [6, 6.07) is 12.1. The second-order valence-electron chi connectivity index (χ2n) is 4.17. The molecule has 0 bridgehead atoms. The molecule has 4 nitrogen and oxygen atoms in total. The van der Waals surface area contributed by atoms with Crippen molar-refractivity contribution in [3.63, 3.8) is 0 Å². The molecule has 6 heteroatoms. The molecule has 1 atom stereocenters. The lowest BCUT2D eigenvalue weighted by atomic mass is 10.2. The highest BCUT2D eigenvalue weighted by Crippen LogP contribution is 2.24. The van der Waals surface area contributed by atoms with Crippen LogP contribution in [0.1, 0.15) is 12.5 Å². The van der Waals surface area contributed by atoms with Crippen LogP contribution in [0.2, 0.25) is 0 Å². The first kappa shape index (κ1) is 14.9. The summed E-state index contributed by atoms with van der Waals surface area (Å²) in [5.74, 6) is 0. The lowest BCUT2D eigenvalue weighted by molar-refractivity contribution is 0.536. The van der Waals surface area contributed by atoms with Gasteiger partial charge in [0.1, 0.15) is 0 Å². The fourth-order valence-electron chi connectivity index (χ4n) is 1.88. The van der Waals surface area contributed by atoms with Crippen LogP contribution in [-0.2, 0) is 27.3 Å². The molecule has 0 aliphatic carbocycles. The average Bonchev–Trinajstić information content (AvgIpc) is 2.47.